The summed E-state index contributed by atoms with van der Waals surface area (Å²) in [5.41, 5.74) is 0. The lowest BCUT2D eigenvalue weighted by Gasteiger charge is -2.20. The maximum absolute atomic E-state index is 12.5. The number of aliphatic hydroxyl groups is 2. The third kappa shape index (κ3) is 60.9. The first-order chi connectivity index (χ1) is 37.0. The molecule has 6 nitrogen and oxygen atoms in total. The quantitative estimate of drug-likeness (QED) is 0.0320. The van der Waals surface area contributed by atoms with E-state index >= 15 is 0 Å². The Morgan fingerprint density at radius 1 is 0.373 bits per heavy atom. The second-order valence-corrected chi connectivity index (χ2v) is 22.8. The molecule has 0 radical (unpaired) electrons. The maximum Gasteiger partial charge on any atom is 0.305 e. The Kier molecular flexibility index (Phi) is 62.5. The lowest BCUT2D eigenvalue weighted by Crippen LogP contribution is -2.45. The molecule has 1 amide bonds. The molecule has 0 aliphatic rings. The van der Waals surface area contributed by atoms with Crippen LogP contribution in [0.2, 0.25) is 0 Å². The van der Waals surface area contributed by atoms with Crippen LogP contribution in [0.15, 0.2) is 48.6 Å². The minimum Gasteiger partial charge on any atom is -0.466 e. The van der Waals surface area contributed by atoms with E-state index in [1.807, 2.05) is 6.08 Å². The number of unbranched alkanes of at least 4 members (excludes halogenated alkanes) is 45. The average Bonchev–Trinajstić information content (AvgIpc) is 3.41. The summed E-state index contributed by atoms with van der Waals surface area (Å²) < 4.78 is 5.47. The minimum absolute atomic E-state index is 0.00243. The maximum atomic E-state index is 12.5. The molecule has 2 atom stereocenters. The number of esters is 1. The van der Waals surface area contributed by atoms with Gasteiger partial charge in [0.15, 0.2) is 0 Å². The number of nitrogens with one attached hydrogen (secondary N) is 1. The fourth-order valence-corrected chi connectivity index (χ4v) is 10.2. The molecule has 3 N–H and O–H groups in total. The molecular formula is C69H129NO5. The highest BCUT2D eigenvalue weighted by atomic mass is 16.5. The van der Waals surface area contributed by atoms with Crippen molar-refractivity contribution >= 4 is 11.9 Å². The summed E-state index contributed by atoms with van der Waals surface area (Å²) in [6.45, 7) is 4.85. The summed E-state index contributed by atoms with van der Waals surface area (Å²) >= 11 is 0. The van der Waals surface area contributed by atoms with E-state index in [2.05, 4.69) is 55.6 Å². The van der Waals surface area contributed by atoms with Crippen molar-refractivity contribution in [1.82, 2.24) is 5.32 Å². The molecular weight excluding hydrogens is 923 g/mol. The molecule has 0 bridgehead atoms. The summed E-state index contributed by atoms with van der Waals surface area (Å²) in [4.78, 5) is 24.5. The van der Waals surface area contributed by atoms with E-state index in [1.165, 1.54) is 276 Å². The van der Waals surface area contributed by atoms with Crippen LogP contribution in [-0.2, 0) is 14.3 Å². The second-order valence-electron chi connectivity index (χ2n) is 22.8. The van der Waals surface area contributed by atoms with Crippen LogP contribution in [0, 0.1) is 0 Å². The van der Waals surface area contributed by atoms with Gasteiger partial charge in [-0.1, -0.05) is 306 Å². The molecule has 0 aliphatic heterocycles. The zero-order chi connectivity index (χ0) is 54.3. The average molecular weight is 1050 g/mol. The summed E-state index contributed by atoms with van der Waals surface area (Å²) in [5.74, 6) is -0.0711. The Bertz CT molecular complexity index is 1260. The molecule has 75 heavy (non-hydrogen) atoms. The van der Waals surface area contributed by atoms with E-state index in [4.69, 9.17) is 4.74 Å². The van der Waals surface area contributed by atoms with E-state index in [0.717, 1.165) is 51.4 Å². The summed E-state index contributed by atoms with van der Waals surface area (Å²) in [6.07, 6.45) is 83.1. The molecule has 2 unspecified atom stereocenters. The summed E-state index contributed by atoms with van der Waals surface area (Å²) in [5, 5.41) is 23.2. The Morgan fingerprint density at radius 2 is 0.693 bits per heavy atom. The molecule has 0 aromatic rings. The topological polar surface area (TPSA) is 95.9 Å². The molecule has 0 heterocycles. The van der Waals surface area contributed by atoms with Gasteiger partial charge in [0.25, 0.3) is 0 Å². The molecule has 0 spiro atoms. The predicted molar refractivity (Wildman–Crippen MR) is 329 cm³/mol. The molecule has 0 saturated carbocycles. The Hall–Kier alpha value is -2.18. The van der Waals surface area contributed by atoms with Crippen molar-refractivity contribution in [3.05, 3.63) is 48.6 Å². The normalized spacial score (nSPS) is 12.9. The summed E-state index contributed by atoms with van der Waals surface area (Å²) in [7, 11) is 0. The fourth-order valence-electron chi connectivity index (χ4n) is 10.2. The number of allylic oxidation sites excluding steroid dienone is 7. The monoisotopic (exact) mass is 1050 g/mol. The van der Waals surface area contributed by atoms with E-state index in [9.17, 15) is 19.8 Å². The number of hydrogen-bond acceptors (Lipinski definition) is 5. The van der Waals surface area contributed by atoms with Crippen LogP contribution in [0.25, 0.3) is 0 Å². The highest BCUT2D eigenvalue weighted by Gasteiger charge is 2.18. The van der Waals surface area contributed by atoms with Crippen LogP contribution < -0.4 is 5.32 Å². The van der Waals surface area contributed by atoms with Crippen LogP contribution in [0.3, 0.4) is 0 Å². The number of carbonyl (C=O) groups excluding carboxylic acids is 2. The van der Waals surface area contributed by atoms with Crippen LogP contribution in [0.5, 0.6) is 0 Å². The van der Waals surface area contributed by atoms with E-state index in [0.29, 0.717) is 19.4 Å². The van der Waals surface area contributed by atoms with Crippen LogP contribution in [0.1, 0.15) is 354 Å². The van der Waals surface area contributed by atoms with E-state index in [1.54, 1.807) is 6.08 Å². The second kappa shape index (κ2) is 64.3. The number of ether oxygens (including phenoxy) is 1. The number of carbonyl (C=O) groups is 2. The van der Waals surface area contributed by atoms with Gasteiger partial charge in [-0.05, 0) is 83.5 Å². The highest BCUT2D eigenvalue weighted by Crippen LogP contribution is 2.18. The smallest absolute Gasteiger partial charge is 0.305 e. The van der Waals surface area contributed by atoms with Gasteiger partial charge in [0, 0.05) is 12.8 Å². The largest absolute Gasteiger partial charge is 0.466 e. The van der Waals surface area contributed by atoms with Gasteiger partial charge in [0.2, 0.25) is 5.91 Å². The van der Waals surface area contributed by atoms with Crippen molar-refractivity contribution in [3.8, 4) is 0 Å². The molecule has 440 valence electrons. The number of amides is 1. The molecule has 0 aromatic carbocycles. The number of hydrogen-bond donors (Lipinski definition) is 3. The third-order valence-corrected chi connectivity index (χ3v) is 15.3. The van der Waals surface area contributed by atoms with Crippen molar-refractivity contribution in [3.63, 3.8) is 0 Å². The predicted octanol–water partition coefficient (Wildman–Crippen LogP) is 21.3. The Morgan fingerprint density at radius 3 is 1.08 bits per heavy atom. The first-order valence-electron chi connectivity index (χ1n) is 33.4. The summed E-state index contributed by atoms with van der Waals surface area (Å²) in [6, 6.07) is -0.632. The molecule has 0 saturated heterocycles. The van der Waals surface area contributed by atoms with Crippen molar-refractivity contribution in [2.75, 3.05) is 13.2 Å². The SMILES string of the molecule is CCC/C=C\C/C=C\CCCCCCCC(=O)OCCCCCCCCCCCCCC/C=C\CCCCCCCCCCCC(=O)NC(CO)C(O)/C=C/CCCCCCCCCCCCCCCCCCCC. The highest BCUT2D eigenvalue weighted by molar-refractivity contribution is 5.76. The first kappa shape index (κ1) is 72.8. The van der Waals surface area contributed by atoms with Crippen molar-refractivity contribution < 1.29 is 24.5 Å². The molecule has 0 rings (SSSR count). The van der Waals surface area contributed by atoms with Crippen molar-refractivity contribution in [2.45, 2.75) is 366 Å². The lowest BCUT2D eigenvalue weighted by molar-refractivity contribution is -0.143. The van der Waals surface area contributed by atoms with Gasteiger partial charge in [0.1, 0.15) is 0 Å². The zero-order valence-corrected chi connectivity index (χ0v) is 50.3. The molecule has 0 fully saturated rings. The van der Waals surface area contributed by atoms with E-state index in [-0.39, 0.29) is 18.5 Å². The number of rotatable bonds is 62. The Balaban J connectivity index is 3.44. The van der Waals surface area contributed by atoms with Crippen LogP contribution >= 0.6 is 0 Å². The zero-order valence-electron chi connectivity index (χ0n) is 50.3. The van der Waals surface area contributed by atoms with Gasteiger partial charge in [-0.2, -0.15) is 0 Å². The van der Waals surface area contributed by atoms with Gasteiger partial charge in [-0.15, -0.1) is 0 Å². The first-order valence-corrected chi connectivity index (χ1v) is 33.4. The van der Waals surface area contributed by atoms with Gasteiger partial charge in [-0.25, -0.2) is 0 Å². The molecule has 0 aromatic heterocycles. The van der Waals surface area contributed by atoms with Gasteiger partial charge < -0.3 is 20.3 Å². The third-order valence-electron chi connectivity index (χ3n) is 15.3. The van der Waals surface area contributed by atoms with Gasteiger partial charge in [-0.3, -0.25) is 9.59 Å². The van der Waals surface area contributed by atoms with E-state index < -0.39 is 12.1 Å². The molecule has 6 heteroatoms. The minimum atomic E-state index is -0.848. The van der Waals surface area contributed by atoms with Crippen molar-refractivity contribution in [2.24, 2.45) is 0 Å². The van der Waals surface area contributed by atoms with Crippen LogP contribution in [0.4, 0.5) is 0 Å². The lowest BCUT2D eigenvalue weighted by atomic mass is 10.0. The molecule has 0 aliphatic carbocycles. The standard InChI is InChI=1S/C69H129NO5/c1-3-5-7-9-11-13-15-17-18-19-20-28-31-34-38-41-45-49-53-57-61-67(72)66(65-71)70-68(73)62-58-54-50-46-42-39-35-32-29-26-24-22-21-23-25-27-30-33-36-40-44-48-52-56-60-64-75-69(74)63-59-55-51-47-43-37-16-14-12-10-8-6-4-2/h8,10,14,16,22,24,57,61,66-67,71-72H,3-7,9,11-13,15,17-21,23,25-56,58-60,62-65H2,1-2H3,(H,70,73)/b10-8-,16-14-,24-22-,61-57+. The fraction of sp³-hybridized carbons (Fsp3) is 0.855. The number of aliphatic hydroxyl groups excluding tert-OH is 2. The van der Waals surface area contributed by atoms with Crippen molar-refractivity contribution in [1.29, 1.82) is 0 Å². The Labute approximate surface area is 467 Å². The van der Waals surface area contributed by atoms with Gasteiger partial charge in [0.05, 0.1) is 25.4 Å². The van der Waals surface area contributed by atoms with Crippen LogP contribution in [-0.4, -0.2) is 47.4 Å². The van der Waals surface area contributed by atoms with Gasteiger partial charge >= 0.3 is 5.97 Å².